The van der Waals surface area contributed by atoms with Gasteiger partial charge in [-0.2, -0.15) is 0 Å². The Morgan fingerprint density at radius 2 is 1.25 bits per heavy atom. The van der Waals surface area contributed by atoms with Crippen molar-refractivity contribution in [3.8, 4) is 0 Å². The number of hydrogen-bond donors (Lipinski definition) is 0. The Morgan fingerprint density at radius 3 is 1.65 bits per heavy atom. The number of unbranched alkanes of at least 4 members (excludes halogenated alkanes) is 4. The van der Waals surface area contributed by atoms with Crippen molar-refractivity contribution in [1.29, 1.82) is 0 Å². The van der Waals surface area contributed by atoms with E-state index in [1.807, 2.05) is 12.2 Å². The van der Waals surface area contributed by atoms with Crippen LogP contribution in [0.2, 0.25) is 0 Å². The van der Waals surface area contributed by atoms with Crippen LogP contribution in [0.5, 0.6) is 0 Å². The van der Waals surface area contributed by atoms with E-state index < -0.39 is 0 Å². The molecule has 0 aliphatic heterocycles. The summed E-state index contributed by atoms with van der Waals surface area (Å²) in [5.41, 5.74) is 0. The maximum Gasteiger partial charge on any atom is 0.0166 e. The van der Waals surface area contributed by atoms with Gasteiger partial charge in [0.15, 0.2) is 0 Å². The third kappa shape index (κ3) is 13.4. The van der Waals surface area contributed by atoms with Crippen LogP contribution in [0.1, 0.15) is 51.9 Å². The van der Waals surface area contributed by atoms with Crippen LogP contribution in [0.4, 0.5) is 0 Å². The minimum Gasteiger partial charge on any atom is -0.296 e. The summed E-state index contributed by atoms with van der Waals surface area (Å²) in [5, 5.41) is 0. The molecular formula is C19H33N. The molecular weight excluding hydrogens is 242 g/mol. The van der Waals surface area contributed by atoms with E-state index in [9.17, 15) is 0 Å². The summed E-state index contributed by atoms with van der Waals surface area (Å²) in [6, 6.07) is 0. The van der Waals surface area contributed by atoms with Gasteiger partial charge in [0.2, 0.25) is 0 Å². The molecule has 0 aromatic rings. The molecule has 114 valence electrons. The fourth-order valence-electron chi connectivity index (χ4n) is 2.02. The van der Waals surface area contributed by atoms with E-state index in [0.29, 0.717) is 0 Å². The Balaban J connectivity index is 3.79. The first kappa shape index (κ1) is 18.9. The van der Waals surface area contributed by atoms with Gasteiger partial charge in [0, 0.05) is 13.1 Å². The van der Waals surface area contributed by atoms with E-state index in [2.05, 4.69) is 49.3 Å². The summed E-state index contributed by atoms with van der Waals surface area (Å²) in [7, 11) is 0. The summed E-state index contributed by atoms with van der Waals surface area (Å²) in [6.45, 7) is 13.0. The number of allylic oxidation sites excluding steroid dienone is 4. The largest absolute Gasteiger partial charge is 0.296 e. The molecule has 0 N–H and O–H groups in total. The van der Waals surface area contributed by atoms with Crippen molar-refractivity contribution in [3.05, 3.63) is 49.6 Å². The molecule has 0 amide bonds. The molecule has 0 bridgehead atoms. The molecule has 0 aromatic heterocycles. The molecule has 0 unspecified atom stereocenters. The molecule has 0 saturated carbocycles. The normalized spacial score (nSPS) is 11.7. The summed E-state index contributed by atoms with van der Waals surface area (Å²) in [4.78, 5) is 2.49. The number of hydrogen-bond acceptors (Lipinski definition) is 1. The summed E-state index contributed by atoms with van der Waals surface area (Å²) in [6.07, 6.45) is 21.5. The zero-order valence-electron chi connectivity index (χ0n) is 13.4. The highest BCUT2D eigenvalue weighted by Gasteiger charge is 1.97. The standard InChI is InChI=1S/C19H33N/c1-4-7-9-11-13-15-18-20(17-6-3)19-16-14-12-10-8-5-2/h4-5,13-16H,1-2,6-12,17-19H2,3H3/b15-13+,16-14+. The van der Waals surface area contributed by atoms with E-state index >= 15 is 0 Å². The Kier molecular flexibility index (Phi) is 15.1. The maximum atomic E-state index is 3.75. The SMILES string of the molecule is C=CCCC/C=C/CN(C/C=C/CCCC=C)CCC. The monoisotopic (exact) mass is 275 g/mol. The lowest BCUT2D eigenvalue weighted by molar-refractivity contribution is 0.335. The van der Waals surface area contributed by atoms with Crippen molar-refractivity contribution < 1.29 is 0 Å². The minimum atomic E-state index is 1.07. The van der Waals surface area contributed by atoms with Crippen LogP contribution in [0, 0.1) is 0 Å². The van der Waals surface area contributed by atoms with Gasteiger partial charge in [-0.1, -0.05) is 43.4 Å². The van der Waals surface area contributed by atoms with Gasteiger partial charge in [-0.25, -0.2) is 0 Å². The number of nitrogens with zero attached hydrogens (tertiary/aromatic N) is 1. The second-order valence-electron chi connectivity index (χ2n) is 5.14. The van der Waals surface area contributed by atoms with Crippen LogP contribution in [-0.4, -0.2) is 24.5 Å². The average Bonchev–Trinajstić information content (AvgIpc) is 2.46. The molecule has 0 saturated heterocycles. The lowest BCUT2D eigenvalue weighted by Gasteiger charge is -2.17. The van der Waals surface area contributed by atoms with E-state index in [1.54, 1.807) is 0 Å². The molecule has 1 nitrogen and oxygen atoms in total. The fourth-order valence-corrected chi connectivity index (χ4v) is 2.02. The fraction of sp³-hybridized carbons (Fsp3) is 0.579. The van der Waals surface area contributed by atoms with Crippen molar-refractivity contribution in [3.63, 3.8) is 0 Å². The van der Waals surface area contributed by atoms with E-state index in [4.69, 9.17) is 0 Å². The third-order valence-corrected chi connectivity index (χ3v) is 3.16. The smallest absolute Gasteiger partial charge is 0.0166 e. The highest BCUT2D eigenvalue weighted by atomic mass is 15.1. The summed E-state index contributed by atoms with van der Waals surface area (Å²) >= 11 is 0. The van der Waals surface area contributed by atoms with Crippen LogP contribution in [0.25, 0.3) is 0 Å². The lowest BCUT2D eigenvalue weighted by Crippen LogP contribution is -2.24. The first-order chi connectivity index (χ1) is 9.85. The predicted molar refractivity (Wildman–Crippen MR) is 93.1 cm³/mol. The van der Waals surface area contributed by atoms with Crippen molar-refractivity contribution in [1.82, 2.24) is 4.90 Å². The van der Waals surface area contributed by atoms with Gasteiger partial charge in [-0.15, -0.1) is 13.2 Å². The van der Waals surface area contributed by atoms with Crippen molar-refractivity contribution in [2.75, 3.05) is 19.6 Å². The van der Waals surface area contributed by atoms with E-state index in [1.165, 1.54) is 38.6 Å². The molecule has 0 aliphatic rings. The molecule has 0 spiro atoms. The summed E-state index contributed by atoms with van der Waals surface area (Å²) in [5.74, 6) is 0. The molecule has 0 rings (SSSR count). The lowest BCUT2D eigenvalue weighted by atomic mass is 10.2. The topological polar surface area (TPSA) is 3.24 Å². The molecule has 0 aromatic carbocycles. The Hall–Kier alpha value is -1.08. The van der Waals surface area contributed by atoms with Crippen LogP contribution in [-0.2, 0) is 0 Å². The second kappa shape index (κ2) is 16.0. The molecule has 20 heavy (non-hydrogen) atoms. The molecule has 0 aliphatic carbocycles. The Labute approximate surface area is 126 Å². The Bertz CT molecular complexity index is 249. The van der Waals surface area contributed by atoms with Gasteiger partial charge in [0.25, 0.3) is 0 Å². The van der Waals surface area contributed by atoms with Gasteiger partial charge in [0.1, 0.15) is 0 Å². The van der Waals surface area contributed by atoms with Crippen molar-refractivity contribution in [2.24, 2.45) is 0 Å². The highest BCUT2D eigenvalue weighted by molar-refractivity contribution is 4.90. The first-order valence-electron chi connectivity index (χ1n) is 8.09. The van der Waals surface area contributed by atoms with Crippen LogP contribution in [0.3, 0.4) is 0 Å². The second-order valence-corrected chi connectivity index (χ2v) is 5.14. The summed E-state index contributed by atoms with van der Waals surface area (Å²) < 4.78 is 0. The molecule has 0 heterocycles. The molecule has 0 atom stereocenters. The minimum absolute atomic E-state index is 1.07. The van der Waals surface area contributed by atoms with Gasteiger partial charge < -0.3 is 0 Å². The highest BCUT2D eigenvalue weighted by Crippen LogP contribution is 2.00. The Morgan fingerprint density at radius 1 is 0.750 bits per heavy atom. The average molecular weight is 275 g/mol. The van der Waals surface area contributed by atoms with Gasteiger partial charge in [-0.05, 0) is 51.5 Å². The zero-order valence-corrected chi connectivity index (χ0v) is 13.4. The zero-order chi connectivity index (χ0) is 14.9. The van der Waals surface area contributed by atoms with Gasteiger partial charge in [-0.3, -0.25) is 4.90 Å². The molecule has 0 radical (unpaired) electrons. The van der Waals surface area contributed by atoms with Crippen molar-refractivity contribution in [2.45, 2.75) is 51.9 Å². The maximum absolute atomic E-state index is 3.75. The van der Waals surface area contributed by atoms with Crippen LogP contribution >= 0.6 is 0 Å². The van der Waals surface area contributed by atoms with E-state index in [0.717, 1.165) is 25.9 Å². The van der Waals surface area contributed by atoms with E-state index in [-0.39, 0.29) is 0 Å². The van der Waals surface area contributed by atoms with Gasteiger partial charge >= 0.3 is 0 Å². The molecule has 1 heteroatoms. The predicted octanol–water partition coefficient (Wildman–Crippen LogP) is 5.52. The quantitative estimate of drug-likeness (QED) is 0.298. The molecule has 0 fully saturated rings. The van der Waals surface area contributed by atoms with Gasteiger partial charge in [0.05, 0.1) is 0 Å². The van der Waals surface area contributed by atoms with Crippen LogP contribution < -0.4 is 0 Å². The first-order valence-corrected chi connectivity index (χ1v) is 8.09. The number of rotatable bonds is 14. The third-order valence-electron chi connectivity index (χ3n) is 3.16. The van der Waals surface area contributed by atoms with Crippen LogP contribution in [0.15, 0.2) is 49.6 Å². The van der Waals surface area contributed by atoms with Crippen molar-refractivity contribution >= 4 is 0 Å².